The third kappa shape index (κ3) is 3.40. The summed E-state index contributed by atoms with van der Waals surface area (Å²) >= 11 is 0. The smallest absolute Gasteiger partial charge is 0.276 e. The average molecular weight is 312 g/mol. The van der Waals surface area contributed by atoms with Crippen molar-refractivity contribution in [2.24, 2.45) is 5.92 Å². The quantitative estimate of drug-likeness (QED) is 0.863. The minimum absolute atomic E-state index is 0.0125. The second-order valence-electron chi connectivity index (χ2n) is 7.30. The zero-order chi connectivity index (χ0) is 16.4. The molecule has 0 bridgehead atoms. The Morgan fingerprint density at radius 1 is 1.39 bits per heavy atom. The number of nitrogens with one attached hydrogen (secondary N) is 2. The molecule has 2 aliphatic carbocycles. The summed E-state index contributed by atoms with van der Waals surface area (Å²) in [6, 6.07) is 11.3. The van der Waals surface area contributed by atoms with Crippen LogP contribution in [0.15, 0.2) is 24.3 Å². The molecule has 3 atom stereocenters. The van der Waals surface area contributed by atoms with Gasteiger partial charge in [-0.1, -0.05) is 24.3 Å². The van der Waals surface area contributed by atoms with Crippen LogP contribution < -0.4 is 10.2 Å². The third-order valence-electron chi connectivity index (χ3n) is 5.43. The van der Waals surface area contributed by atoms with Gasteiger partial charge in [0.2, 0.25) is 0 Å². The molecular formula is C19H26N3O+. The van der Waals surface area contributed by atoms with E-state index in [0.717, 1.165) is 25.7 Å². The van der Waals surface area contributed by atoms with Crippen molar-refractivity contribution < 1.29 is 9.69 Å². The number of quaternary nitrogens is 1. The molecule has 0 radical (unpaired) electrons. The number of carbonyl (C=O) groups excluding carboxylic acids is 1. The van der Waals surface area contributed by atoms with Crippen LogP contribution in [0.25, 0.3) is 0 Å². The molecule has 1 amide bonds. The number of rotatable bonds is 5. The summed E-state index contributed by atoms with van der Waals surface area (Å²) in [7, 11) is 2.09. The molecule has 2 aliphatic rings. The van der Waals surface area contributed by atoms with E-state index < -0.39 is 5.54 Å². The summed E-state index contributed by atoms with van der Waals surface area (Å²) in [5, 5.41) is 12.4. The molecule has 1 saturated carbocycles. The lowest BCUT2D eigenvalue weighted by Gasteiger charge is -2.31. The predicted octanol–water partition coefficient (Wildman–Crippen LogP) is 1.39. The molecule has 122 valence electrons. The Bertz CT molecular complexity index is 632. The van der Waals surface area contributed by atoms with Gasteiger partial charge >= 0.3 is 0 Å². The van der Waals surface area contributed by atoms with Gasteiger partial charge in [-0.3, -0.25) is 4.79 Å². The van der Waals surface area contributed by atoms with Crippen LogP contribution in [0, 0.1) is 17.2 Å². The van der Waals surface area contributed by atoms with Crippen molar-refractivity contribution >= 4 is 5.91 Å². The Labute approximate surface area is 138 Å². The Hall–Kier alpha value is -1.86. The largest absolute Gasteiger partial charge is 0.333 e. The highest BCUT2D eigenvalue weighted by molar-refractivity contribution is 5.78. The number of fused-ring (bicyclic) bond motifs is 1. The minimum Gasteiger partial charge on any atom is -0.333 e. The van der Waals surface area contributed by atoms with E-state index in [0.29, 0.717) is 18.5 Å². The molecule has 0 spiro atoms. The van der Waals surface area contributed by atoms with E-state index in [9.17, 15) is 10.1 Å². The van der Waals surface area contributed by atoms with Crippen LogP contribution in [0.1, 0.15) is 49.8 Å². The van der Waals surface area contributed by atoms with Gasteiger partial charge in [-0.25, -0.2) is 0 Å². The van der Waals surface area contributed by atoms with Crippen molar-refractivity contribution in [3.8, 4) is 6.07 Å². The molecule has 4 heteroatoms. The first-order valence-electron chi connectivity index (χ1n) is 8.66. The maximum atomic E-state index is 12.4. The van der Waals surface area contributed by atoms with Crippen molar-refractivity contribution in [1.82, 2.24) is 5.32 Å². The molecule has 3 rings (SSSR count). The number of nitriles is 1. The van der Waals surface area contributed by atoms with E-state index in [1.807, 2.05) is 6.92 Å². The molecule has 1 aromatic carbocycles. The van der Waals surface area contributed by atoms with Crippen LogP contribution in [0.5, 0.6) is 0 Å². The van der Waals surface area contributed by atoms with Crippen molar-refractivity contribution in [2.45, 2.75) is 50.6 Å². The Morgan fingerprint density at radius 2 is 2.13 bits per heavy atom. The molecule has 1 aromatic rings. The monoisotopic (exact) mass is 312 g/mol. The van der Waals surface area contributed by atoms with Crippen molar-refractivity contribution in [3.05, 3.63) is 35.4 Å². The van der Waals surface area contributed by atoms with Crippen molar-refractivity contribution in [2.75, 3.05) is 13.6 Å². The standard InChI is InChI=1S/C19H25N3O/c1-19(13-20,15-10-11-15)21-18(23)12-22(2)17-9-5-7-14-6-3-4-8-16(14)17/h3-4,6,8,15,17H,5,7,9-12H2,1-2H3,(H,21,23)/p+1/t17-,19+/m1/s1. The van der Waals surface area contributed by atoms with E-state index >= 15 is 0 Å². The first-order chi connectivity index (χ1) is 11.0. The molecule has 1 fully saturated rings. The van der Waals surface area contributed by atoms with Gasteiger partial charge in [-0.05, 0) is 44.1 Å². The summed E-state index contributed by atoms with van der Waals surface area (Å²) in [6.45, 7) is 2.27. The predicted molar refractivity (Wildman–Crippen MR) is 88.8 cm³/mol. The number of amides is 1. The molecule has 0 aliphatic heterocycles. The summed E-state index contributed by atoms with van der Waals surface area (Å²) in [4.78, 5) is 13.6. The lowest BCUT2D eigenvalue weighted by Crippen LogP contribution is -3.10. The van der Waals surface area contributed by atoms with Crippen LogP contribution in [-0.4, -0.2) is 25.0 Å². The van der Waals surface area contributed by atoms with E-state index in [-0.39, 0.29) is 5.91 Å². The van der Waals surface area contributed by atoms with Crippen molar-refractivity contribution in [1.29, 1.82) is 5.26 Å². The molecule has 4 nitrogen and oxygen atoms in total. The van der Waals surface area contributed by atoms with Crippen LogP contribution in [0.2, 0.25) is 0 Å². The zero-order valence-electron chi connectivity index (χ0n) is 14.1. The molecule has 0 aromatic heterocycles. The number of aryl methyl sites for hydroxylation is 1. The van der Waals surface area contributed by atoms with Gasteiger partial charge in [0.25, 0.3) is 5.91 Å². The van der Waals surface area contributed by atoms with Crippen LogP contribution in [0.4, 0.5) is 0 Å². The van der Waals surface area contributed by atoms with E-state index in [1.165, 1.54) is 22.4 Å². The third-order valence-corrected chi connectivity index (χ3v) is 5.43. The molecule has 0 heterocycles. The average Bonchev–Trinajstić information content (AvgIpc) is 3.39. The van der Waals surface area contributed by atoms with E-state index in [1.54, 1.807) is 0 Å². The van der Waals surface area contributed by atoms with Gasteiger partial charge in [0, 0.05) is 12.0 Å². The molecule has 23 heavy (non-hydrogen) atoms. The molecule has 2 N–H and O–H groups in total. The molecular weight excluding hydrogens is 286 g/mol. The fourth-order valence-electron chi connectivity index (χ4n) is 3.86. The highest BCUT2D eigenvalue weighted by Gasteiger charge is 2.43. The molecule has 1 unspecified atom stereocenters. The second-order valence-corrected chi connectivity index (χ2v) is 7.30. The zero-order valence-corrected chi connectivity index (χ0v) is 14.1. The SMILES string of the molecule is C[NH+](CC(=O)N[C@@](C)(C#N)C1CC1)[C@@H]1CCCc2ccccc21. The second kappa shape index (κ2) is 6.33. The first-order valence-corrected chi connectivity index (χ1v) is 8.66. The van der Waals surface area contributed by atoms with Gasteiger partial charge in [0.1, 0.15) is 11.6 Å². The summed E-state index contributed by atoms with van der Waals surface area (Å²) in [5.41, 5.74) is 2.11. The maximum Gasteiger partial charge on any atom is 0.276 e. The minimum atomic E-state index is -0.693. The lowest BCUT2D eigenvalue weighted by atomic mass is 9.87. The summed E-state index contributed by atoms with van der Waals surface area (Å²) in [5.74, 6) is 0.314. The maximum absolute atomic E-state index is 12.4. The number of likely N-dealkylation sites (N-methyl/N-ethyl adjacent to an activating group) is 1. The van der Waals surface area contributed by atoms with Crippen molar-refractivity contribution in [3.63, 3.8) is 0 Å². The topological polar surface area (TPSA) is 57.3 Å². The summed E-state index contributed by atoms with van der Waals surface area (Å²) < 4.78 is 0. The Balaban J connectivity index is 1.64. The number of carbonyl (C=O) groups is 1. The normalized spacial score (nSPS) is 24.0. The summed E-state index contributed by atoms with van der Waals surface area (Å²) in [6.07, 6.45) is 5.53. The lowest BCUT2D eigenvalue weighted by molar-refractivity contribution is -0.905. The highest BCUT2D eigenvalue weighted by atomic mass is 16.2. The van der Waals surface area contributed by atoms with Gasteiger partial charge < -0.3 is 10.2 Å². The highest BCUT2D eigenvalue weighted by Crippen LogP contribution is 2.39. The number of nitrogens with zero attached hydrogens (tertiary/aromatic N) is 1. The fraction of sp³-hybridized carbons (Fsp3) is 0.579. The van der Waals surface area contributed by atoms with Gasteiger partial charge in [0.05, 0.1) is 13.1 Å². The van der Waals surface area contributed by atoms with Crippen LogP contribution in [-0.2, 0) is 11.2 Å². The van der Waals surface area contributed by atoms with Gasteiger partial charge in [-0.2, -0.15) is 5.26 Å². The van der Waals surface area contributed by atoms with Crippen LogP contribution in [0.3, 0.4) is 0 Å². The van der Waals surface area contributed by atoms with Gasteiger partial charge in [-0.15, -0.1) is 0 Å². The van der Waals surface area contributed by atoms with Gasteiger partial charge in [0.15, 0.2) is 6.54 Å². The first kappa shape index (κ1) is 16.0. The molecule has 0 saturated heterocycles. The number of hydrogen-bond acceptors (Lipinski definition) is 2. The fourth-order valence-corrected chi connectivity index (χ4v) is 3.86. The van der Waals surface area contributed by atoms with Crippen LogP contribution >= 0.6 is 0 Å². The number of benzene rings is 1. The van der Waals surface area contributed by atoms with E-state index in [2.05, 4.69) is 42.7 Å². The number of hydrogen-bond donors (Lipinski definition) is 2. The Morgan fingerprint density at radius 3 is 2.83 bits per heavy atom. The Kier molecular flexibility index (Phi) is 4.41. The van der Waals surface area contributed by atoms with E-state index in [4.69, 9.17) is 0 Å².